The van der Waals surface area contributed by atoms with Crippen LogP contribution in [0.15, 0.2) is 12.3 Å². The van der Waals surface area contributed by atoms with E-state index in [0.29, 0.717) is 19.1 Å². The van der Waals surface area contributed by atoms with E-state index in [1.54, 1.807) is 9.12 Å². The second kappa shape index (κ2) is 5.52. The Labute approximate surface area is 128 Å². The number of aryl methyl sites for hydroxylation is 1. The van der Waals surface area contributed by atoms with E-state index in [9.17, 15) is 8.78 Å². The Hall–Kier alpha value is 0.180. The van der Waals surface area contributed by atoms with Crippen molar-refractivity contribution in [2.24, 2.45) is 0 Å². The van der Waals surface area contributed by atoms with Crippen LogP contribution in [0.25, 0.3) is 0 Å². The summed E-state index contributed by atoms with van der Waals surface area (Å²) in [5.74, 6) is -2.44. The van der Waals surface area contributed by atoms with Crippen molar-refractivity contribution in [3.8, 4) is 0 Å². The van der Waals surface area contributed by atoms with Crippen molar-refractivity contribution in [3.05, 3.63) is 23.5 Å². The van der Waals surface area contributed by atoms with Gasteiger partial charge in [0.1, 0.15) is 0 Å². The first-order valence-electron chi connectivity index (χ1n) is 6.69. The highest BCUT2D eigenvalue weighted by molar-refractivity contribution is 14.2. The fourth-order valence-corrected chi connectivity index (χ4v) is 4.66. The molecule has 2 aliphatic rings. The highest BCUT2D eigenvalue weighted by Gasteiger charge is 2.37. The van der Waals surface area contributed by atoms with Crippen molar-refractivity contribution < 1.29 is 8.78 Å². The summed E-state index contributed by atoms with van der Waals surface area (Å²) in [5.41, 5.74) is 2.82. The molecular weight excluding hydrogens is 381 g/mol. The SMILES string of the molecule is FC1(F)CCN(C2CCc3ccn(SI)c3C2)CC1. The molecule has 1 aliphatic carbocycles. The molecule has 3 rings (SSSR count). The van der Waals surface area contributed by atoms with E-state index in [4.69, 9.17) is 0 Å². The van der Waals surface area contributed by atoms with Gasteiger partial charge in [0, 0.05) is 80.6 Å². The molecule has 0 bridgehead atoms. The summed E-state index contributed by atoms with van der Waals surface area (Å²) < 4.78 is 28.6. The minimum Gasteiger partial charge on any atom is -0.300 e. The molecule has 6 heteroatoms. The number of fused-ring (bicyclic) bond motifs is 1. The van der Waals surface area contributed by atoms with Crippen LogP contribution < -0.4 is 0 Å². The first-order chi connectivity index (χ1) is 9.09. The van der Waals surface area contributed by atoms with Crippen molar-refractivity contribution in [1.29, 1.82) is 0 Å². The fourth-order valence-electron chi connectivity index (χ4n) is 3.17. The highest BCUT2D eigenvalue weighted by Crippen LogP contribution is 2.34. The summed E-state index contributed by atoms with van der Waals surface area (Å²) in [4.78, 5) is 2.27. The molecule has 0 saturated carbocycles. The lowest BCUT2D eigenvalue weighted by molar-refractivity contribution is -0.0639. The molecule has 1 aliphatic heterocycles. The Kier molecular flexibility index (Phi) is 4.11. The quantitative estimate of drug-likeness (QED) is 0.698. The fraction of sp³-hybridized carbons (Fsp3) is 0.692. The van der Waals surface area contributed by atoms with Gasteiger partial charge in [-0.2, -0.15) is 0 Å². The van der Waals surface area contributed by atoms with E-state index in [0.717, 1.165) is 19.3 Å². The van der Waals surface area contributed by atoms with E-state index in [1.165, 1.54) is 11.3 Å². The molecule has 2 heterocycles. The smallest absolute Gasteiger partial charge is 0.250 e. The summed E-state index contributed by atoms with van der Waals surface area (Å²) in [5, 5.41) is 0. The average Bonchev–Trinajstić information content (AvgIpc) is 2.80. The van der Waals surface area contributed by atoms with Crippen molar-refractivity contribution in [2.45, 2.75) is 44.1 Å². The Bertz CT molecular complexity index is 440. The lowest BCUT2D eigenvalue weighted by atomic mass is 9.91. The van der Waals surface area contributed by atoms with Crippen molar-refractivity contribution >= 4 is 30.3 Å². The minimum atomic E-state index is -2.44. The van der Waals surface area contributed by atoms with Crippen LogP contribution in [0.4, 0.5) is 8.78 Å². The van der Waals surface area contributed by atoms with Gasteiger partial charge in [0.2, 0.25) is 0 Å². The molecule has 1 unspecified atom stereocenters. The maximum Gasteiger partial charge on any atom is 0.250 e. The van der Waals surface area contributed by atoms with E-state index in [1.807, 2.05) is 0 Å². The largest absolute Gasteiger partial charge is 0.300 e. The van der Waals surface area contributed by atoms with Gasteiger partial charge >= 0.3 is 0 Å². The van der Waals surface area contributed by atoms with Gasteiger partial charge in [0.05, 0.1) is 0 Å². The van der Waals surface area contributed by atoms with Crippen molar-refractivity contribution in [1.82, 2.24) is 8.87 Å². The predicted molar refractivity (Wildman–Crippen MR) is 83.0 cm³/mol. The summed E-state index contributed by atoms with van der Waals surface area (Å²) in [6.07, 6.45) is 5.36. The Morgan fingerprint density at radius 1 is 1.32 bits per heavy atom. The summed E-state index contributed by atoms with van der Waals surface area (Å²) in [6, 6.07) is 2.64. The number of piperidine rings is 1. The number of hydrogen-bond acceptors (Lipinski definition) is 2. The Morgan fingerprint density at radius 3 is 2.74 bits per heavy atom. The van der Waals surface area contributed by atoms with Crippen molar-refractivity contribution in [2.75, 3.05) is 13.1 Å². The van der Waals surface area contributed by atoms with Gasteiger partial charge in [-0.25, -0.2) is 8.78 Å². The normalized spacial score (nSPS) is 27.2. The first kappa shape index (κ1) is 14.1. The van der Waals surface area contributed by atoms with Gasteiger partial charge < -0.3 is 0 Å². The molecule has 1 atom stereocenters. The van der Waals surface area contributed by atoms with Crippen molar-refractivity contribution in [3.63, 3.8) is 0 Å². The zero-order chi connectivity index (χ0) is 13.5. The monoisotopic (exact) mass is 398 g/mol. The second-order valence-electron chi connectivity index (χ2n) is 5.47. The van der Waals surface area contributed by atoms with Crippen LogP contribution in [0, 0.1) is 0 Å². The summed E-state index contributed by atoms with van der Waals surface area (Å²) in [6.45, 7) is 1.09. The van der Waals surface area contributed by atoms with Gasteiger partial charge in [-0.1, -0.05) is 0 Å². The number of likely N-dealkylation sites (tertiary alicyclic amines) is 1. The Balaban J connectivity index is 1.68. The number of rotatable bonds is 2. The third-order valence-electron chi connectivity index (χ3n) is 4.34. The first-order valence-corrected chi connectivity index (χ1v) is 10.0. The van der Waals surface area contributed by atoms with Crippen LogP contribution in [0.3, 0.4) is 0 Å². The number of nitrogens with zero attached hydrogens (tertiary/aromatic N) is 2. The third kappa shape index (κ3) is 2.95. The number of aromatic nitrogens is 1. The lowest BCUT2D eigenvalue weighted by Crippen LogP contribution is -2.47. The van der Waals surface area contributed by atoms with Gasteiger partial charge in [-0.05, 0) is 24.5 Å². The molecule has 0 amide bonds. The van der Waals surface area contributed by atoms with E-state index in [-0.39, 0.29) is 12.8 Å². The predicted octanol–water partition coefficient (Wildman–Crippen LogP) is 3.92. The summed E-state index contributed by atoms with van der Waals surface area (Å²) in [7, 11) is 1.69. The molecule has 0 spiro atoms. The van der Waals surface area contributed by atoms with Gasteiger partial charge in [-0.15, -0.1) is 0 Å². The van der Waals surface area contributed by atoms with Crippen LogP contribution in [0.2, 0.25) is 0 Å². The molecule has 19 heavy (non-hydrogen) atoms. The van der Waals surface area contributed by atoms with Crippen LogP contribution in [0.1, 0.15) is 30.5 Å². The Morgan fingerprint density at radius 2 is 2.05 bits per heavy atom. The number of hydrogen-bond donors (Lipinski definition) is 0. The van der Waals surface area contributed by atoms with Crippen LogP contribution >= 0.6 is 30.3 Å². The van der Waals surface area contributed by atoms with Crippen LogP contribution in [0.5, 0.6) is 0 Å². The molecule has 1 aromatic heterocycles. The van der Waals surface area contributed by atoms with E-state index >= 15 is 0 Å². The molecule has 2 nitrogen and oxygen atoms in total. The minimum absolute atomic E-state index is 0.0262. The third-order valence-corrected chi connectivity index (χ3v) is 6.11. The maximum absolute atomic E-state index is 13.2. The number of halogens is 3. The molecule has 1 fully saturated rings. The van der Waals surface area contributed by atoms with E-state index < -0.39 is 5.92 Å². The molecule has 1 aromatic rings. The maximum atomic E-state index is 13.2. The topological polar surface area (TPSA) is 8.17 Å². The molecule has 0 aromatic carbocycles. The lowest BCUT2D eigenvalue weighted by Gasteiger charge is -2.39. The van der Waals surface area contributed by atoms with Gasteiger partial charge in [0.15, 0.2) is 0 Å². The summed E-state index contributed by atoms with van der Waals surface area (Å²) >= 11 is 2.29. The van der Waals surface area contributed by atoms with Crippen LogP contribution in [-0.2, 0) is 12.8 Å². The zero-order valence-corrected chi connectivity index (χ0v) is 13.6. The van der Waals surface area contributed by atoms with Crippen LogP contribution in [-0.4, -0.2) is 33.9 Å². The second-order valence-corrected chi connectivity index (χ2v) is 7.18. The zero-order valence-electron chi connectivity index (χ0n) is 10.6. The molecular formula is C13H17F2IN2S. The van der Waals surface area contributed by atoms with Gasteiger partial charge in [-0.3, -0.25) is 8.87 Å². The molecule has 106 valence electrons. The number of alkyl halides is 2. The highest BCUT2D eigenvalue weighted by atomic mass is 127. The average molecular weight is 398 g/mol. The standard InChI is InChI=1S/C13H17F2IN2S/c14-13(15)4-7-17(8-5-13)11-2-1-10-3-6-18(19-16)12(10)9-11/h3,6,11H,1-2,4-5,7-9H2. The van der Waals surface area contributed by atoms with Gasteiger partial charge in [0.25, 0.3) is 5.92 Å². The molecule has 0 N–H and O–H groups in total. The van der Waals surface area contributed by atoms with E-state index in [2.05, 4.69) is 42.3 Å². The molecule has 1 saturated heterocycles. The molecule has 0 radical (unpaired) electrons.